The molecule has 2 aromatic heterocycles. The van der Waals surface area contributed by atoms with E-state index < -0.39 is 0 Å². The molecule has 0 aliphatic rings. The van der Waals surface area contributed by atoms with Crippen molar-refractivity contribution in [2.75, 3.05) is 6.54 Å². The fourth-order valence-electron chi connectivity index (χ4n) is 1.38. The van der Waals surface area contributed by atoms with Crippen LogP contribution in [0.2, 0.25) is 0 Å². The summed E-state index contributed by atoms with van der Waals surface area (Å²) < 4.78 is 4.99. The lowest BCUT2D eigenvalue weighted by Crippen LogP contribution is -2.16. The minimum Gasteiger partial charge on any atom is -0.338 e. The second kappa shape index (κ2) is 5.18. The first-order valence-corrected chi connectivity index (χ1v) is 6.02. The lowest BCUT2D eigenvalue weighted by atomic mass is 10.3. The molecule has 0 unspecified atom stereocenters. The van der Waals surface area contributed by atoms with Crippen molar-refractivity contribution in [1.82, 2.24) is 20.4 Å². The van der Waals surface area contributed by atoms with E-state index in [0.717, 1.165) is 18.7 Å². The number of nitrogens with zero attached hydrogens (tertiary/aromatic N) is 3. The molecule has 0 aliphatic carbocycles. The summed E-state index contributed by atoms with van der Waals surface area (Å²) in [6.45, 7) is 5.37. The SMILES string of the molecule is Cc1noc(CNCCc2scnc2C)n1. The van der Waals surface area contributed by atoms with Gasteiger partial charge in [0.15, 0.2) is 5.82 Å². The second-order valence-corrected chi connectivity index (χ2v) is 4.46. The smallest absolute Gasteiger partial charge is 0.240 e. The maximum atomic E-state index is 4.99. The molecule has 0 saturated heterocycles. The van der Waals surface area contributed by atoms with Gasteiger partial charge in [0.05, 0.1) is 17.7 Å². The van der Waals surface area contributed by atoms with E-state index in [1.54, 1.807) is 11.3 Å². The van der Waals surface area contributed by atoms with Gasteiger partial charge in [-0.25, -0.2) is 4.98 Å². The minimum atomic E-state index is 0.624. The predicted octanol–water partition coefficient (Wildman–Crippen LogP) is 1.48. The van der Waals surface area contributed by atoms with E-state index in [2.05, 4.69) is 20.4 Å². The standard InChI is InChI=1S/C10H14N4OS/c1-7-9(16-6-12-7)3-4-11-5-10-13-8(2)14-15-10/h6,11H,3-5H2,1-2H3. The topological polar surface area (TPSA) is 63.8 Å². The molecular weight excluding hydrogens is 224 g/mol. The molecular formula is C10H14N4OS. The van der Waals surface area contributed by atoms with Crippen LogP contribution in [-0.2, 0) is 13.0 Å². The number of hydrogen-bond acceptors (Lipinski definition) is 6. The Kier molecular flexibility index (Phi) is 3.63. The summed E-state index contributed by atoms with van der Waals surface area (Å²) in [5.41, 5.74) is 3.01. The Hall–Kier alpha value is -1.27. The highest BCUT2D eigenvalue weighted by Gasteiger charge is 2.03. The van der Waals surface area contributed by atoms with Crippen molar-refractivity contribution >= 4 is 11.3 Å². The highest BCUT2D eigenvalue weighted by atomic mass is 32.1. The van der Waals surface area contributed by atoms with Gasteiger partial charge in [0, 0.05) is 11.4 Å². The van der Waals surface area contributed by atoms with Gasteiger partial charge in [-0.1, -0.05) is 5.16 Å². The average Bonchev–Trinajstić information content (AvgIpc) is 2.83. The zero-order chi connectivity index (χ0) is 11.4. The van der Waals surface area contributed by atoms with Gasteiger partial charge in [0.1, 0.15) is 0 Å². The molecule has 0 radical (unpaired) electrons. The summed E-state index contributed by atoms with van der Waals surface area (Å²) >= 11 is 1.70. The van der Waals surface area contributed by atoms with Crippen LogP contribution in [0.15, 0.2) is 10.0 Å². The summed E-state index contributed by atoms with van der Waals surface area (Å²) in [5.74, 6) is 1.31. The molecule has 0 aliphatic heterocycles. The number of aromatic nitrogens is 3. The van der Waals surface area contributed by atoms with Crippen molar-refractivity contribution in [2.24, 2.45) is 0 Å². The number of rotatable bonds is 5. The predicted molar refractivity (Wildman–Crippen MR) is 61.3 cm³/mol. The lowest BCUT2D eigenvalue weighted by Gasteiger charge is -2.00. The van der Waals surface area contributed by atoms with Crippen molar-refractivity contribution in [3.8, 4) is 0 Å². The van der Waals surface area contributed by atoms with E-state index >= 15 is 0 Å². The van der Waals surface area contributed by atoms with Crippen LogP contribution >= 0.6 is 11.3 Å². The largest absolute Gasteiger partial charge is 0.338 e. The third-order valence-electron chi connectivity index (χ3n) is 2.22. The van der Waals surface area contributed by atoms with E-state index in [1.165, 1.54) is 4.88 Å². The van der Waals surface area contributed by atoms with E-state index in [1.807, 2.05) is 19.4 Å². The Labute approximate surface area is 97.9 Å². The van der Waals surface area contributed by atoms with Crippen molar-refractivity contribution in [1.29, 1.82) is 0 Å². The molecule has 2 aromatic rings. The van der Waals surface area contributed by atoms with Crippen molar-refractivity contribution in [3.05, 3.63) is 27.8 Å². The fourth-order valence-corrected chi connectivity index (χ4v) is 2.16. The maximum Gasteiger partial charge on any atom is 0.240 e. The van der Waals surface area contributed by atoms with E-state index in [4.69, 9.17) is 4.52 Å². The van der Waals surface area contributed by atoms with Gasteiger partial charge in [0.2, 0.25) is 5.89 Å². The number of thiazole rings is 1. The van der Waals surface area contributed by atoms with Crippen molar-refractivity contribution < 1.29 is 4.52 Å². The van der Waals surface area contributed by atoms with E-state index in [0.29, 0.717) is 18.3 Å². The van der Waals surface area contributed by atoms with Crippen LogP contribution in [0, 0.1) is 13.8 Å². The van der Waals surface area contributed by atoms with Gasteiger partial charge >= 0.3 is 0 Å². The van der Waals surface area contributed by atoms with Crippen LogP contribution in [-0.4, -0.2) is 21.7 Å². The summed E-state index contributed by atoms with van der Waals surface area (Å²) in [5, 5.41) is 6.99. The highest BCUT2D eigenvalue weighted by Crippen LogP contribution is 2.11. The Morgan fingerprint density at radius 2 is 2.31 bits per heavy atom. The molecule has 0 saturated carbocycles. The van der Waals surface area contributed by atoms with Gasteiger partial charge in [-0.05, 0) is 20.3 Å². The van der Waals surface area contributed by atoms with Gasteiger partial charge in [-0.15, -0.1) is 11.3 Å². The zero-order valence-electron chi connectivity index (χ0n) is 9.36. The Bertz CT molecular complexity index is 451. The fraction of sp³-hybridized carbons (Fsp3) is 0.500. The Morgan fingerprint density at radius 3 is 2.94 bits per heavy atom. The minimum absolute atomic E-state index is 0.624. The third kappa shape index (κ3) is 2.86. The van der Waals surface area contributed by atoms with E-state index in [9.17, 15) is 0 Å². The molecule has 0 aromatic carbocycles. The first kappa shape index (κ1) is 11.2. The molecule has 0 fully saturated rings. The first-order chi connectivity index (χ1) is 7.75. The molecule has 16 heavy (non-hydrogen) atoms. The second-order valence-electron chi connectivity index (χ2n) is 3.52. The number of nitrogens with one attached hydrogen (secondary N) is 1. The zero-order valence-corrected chi connectivity index (χ0v) is 10.2. The molecule has 6 heteroatoms. The maximum absolute atomic E-state index is 4.99. The summed E-state index contributed by atoms with van der Waals surface area (Å²) in [7, 11) is 0. The molecule has 2 rings (SSSR count). The lowest BCUT2D eigenvalue weighted by molar-refractivity contribution is 0.365. The molecule has 0 bridgehead atoms. The Balaban J connectivity index is 1.71. The molecule has 1 N–H and O–H groups in total. The van der Waals surface area contributed by atoms with E-state index in [-0.39, 0.29) is 0 Å². The summed E-state index contributed by atoms with van der Waals surface area (Å²) in [6, 6.07) is 0. The monoisotopic (exact) mass is 238 g/mol. The van der Waals surface area contributed by atoms with Gasteiger partial charge < -0.3 is 9.84 Å². The van der Waals surface area contributed by atoms with Crippen LogP contribution < -0.4 is 5.32 Å². The molecule has 0 spiro atoms. The normalized spacial score (nSPS) is 10.9. The quantitative estimate of drug-likeness (QED) is 0.799. The van der Waals surface area contributed by atoms with Crippen LogP contribution in [0.3, 0.4) is 0 Å². The summed E-state index contributed by atoms with van der Waals surface area (Å²) in [6.07, 6.45) is 0.990. The average molecular weight is 238 g/mol. The van der Waals surface area contributed by atoms with Gasteiger partial charge in [-0.3, -0.25) is 0 Å². The van der Waals surface area contributed by atoms with Crippen LogP contribution in [0.5, 0.6) is 0 Å². The Morgan fingerprint density at radius 1 is 1.44 bits per heavy atom. The third-order valence-corrected chi connectivity index (χ3v) is 3.21. The van der Waals surface area contributed by atoms with Gasteiger partial charge in [0.25, 0.3) is 0 Å². The van der Waals surface area contributed by atoms with Gasteiger partial charge in [-0.2, -0.15) is 4.98 Å². The molecule has 2 heterocycles. The highest BCUT2D eigenvalue weighted by molar-refractivity contribution is 7.09. The van der Waals surface area contributed by atoms with Crippen LogP contribution in [0.1, 0.15) is 22.3 Å². The first-order valence-electron chi connectivity index (χ1n) is 5.14. The van der Waals surface area contributed by atoms with Crippen molar-refractivity contribution in [3.63, 3.8) is 0 Å². The molecule has 0 amide bonds. The van der Waals surface area contributed by atoms with Crippen molar-refractivity contribution in [2.45, 2.75) is 26.8 Å². The molecule has 86 valence electrons. The molecule has 0 atom stereocenters. The van der Waals surface area contributed by atoms with Crippen LogP contribution in [0.4, 0.5) is 0 Å². The summed E-state index contributed by atoms with van der Waals surface area (Å²) in [4.78, 5) is 9.65. The number of hydrogen-bond donors (Lipinski definition) is 1. The van der Waals surface area contributed by atoms with Crippen LogP contribution in [0.25, 0.3) is 0 Å². The molecule has 5 nitrogen and oxygen atoms in total. The number of aryl methyl sites for hydroxylation is 2.